The largest absolute Gasteiger partial charge is 0.409 e. The maximum Gasteiger partial charge on any atom is 0.224 e. The van der Waals surface area contributed by atoms with Crippen molar-refractivity contribution in [3.63, 3.8) is 0 Å². The Hall–Kier alpha value is -2.11. The Labute approximate surface area is 91.8 Å². The van der Waals surface area contributed by atoms with Crippen molar-refractivity contribution in [2.24, 2.45) is 10.9 Å². The third kappa shape index (κ3) is 3.56. The molecule has 1 aromatic rings. The molecule has 0 heterocycles. The summed E-state index contributed by atoms with van der Waals surface area (Å²) >= 11 is 0. The minimum absolute atomic E-state index is 0.0657. The molecule has 0 bridgehead atoms. The minimum atomic E-state index is -0.429. The molecule has 86 valence electrons. The van der Waals surface area contributed by atoms with Crippen molar-refractivity contribution >= 4 is 11.7 Å². The molecule has 0 spiro atoms. The van der Waals surface area contributed by atoms with Gasteiger partial charge in [-0.05, 0) is 11.6 Å². The van der Waals surface area contributed by atoms with Gasteiger partial charge in [-0.15, -0.1) is 0 Å². The lowest BCUT2D eigenvalue weighted by atomic mass is 10.1. The molecule has 0 radical (unpaired) electrons. The molecule has 1 amide bonds. The van der Waals surface area contributed by atoms with Crippen LogP contribution in [0.4, 0.5) is 4.39 Å². The van der Waals surface area contributed by atoms with Crippen molar-refractivity contribution in [3.8, 4) is 0 Å². The number of amides is 1. The van der Waals surface area contributed by atoms with Crippen molar-refractivity contribution in [1.29, 1.82) is 0 Å². The molecule has 1 rings (SSSR count). The first-order valence-electron chi connectivity index (χ1n) is 4.60. The molecule has 0 aliphatic heterocycles. The zero-order chi connectivity index (χ0) is 12.0. The fraction of sp³-hybridized carbons (Fsp3) is 0.200. The van der Waals surface area contributed by atoms with Gasteiger partial charge in [0.05, 0.1) is 13.0 Å². The lowest BCUT2D eigenvalue weighted by Gasteiger charge is -2.04. The van der Waals surface area contributed by atoms with E-state index < -0.39 is 11.7 Å². The molecular formula is C10H12FN3O2. The second kappa shape index (κ2) is 5.69. The second-order valence-electron chi connectivity index (χ2n) is 3.14. The van der Waals surface area contributed by atoms with Gasteiger partial charge in [0.15, 0.2) is 5.84 Å². The molecular weight excluding hydrogens is 213 g/mol. The number of amidine groups is 1. The maximum atomic E-state index is 13.1. The van der Waals surface area contributed by atoms with Gasteiger partial charge in [0, 0.05) is 0 Å². The normalized spacial score (nSPS) is 11.2. The number of hydrogen-bond acceptors (Lipinski definition) is 3. The van der Waals surface area contributed by atoms with Gasteiger partial charge in [-0.3, -0.25) is 4.79 Å². The Kier molecular flexibility index (Phi) is 4.26. The fourth-order valence-corrected chi connectivity index (χ4v) is 1.10. The molecule has 5 nitrogen and oxygen atoms in total. The van der Waals surface area contributed by atoms with Crippen LogP contribution in [0.1, 0.15) is 5.56 Å². The van der Waals surface area contributed by atoms with E-state index in [4.69, 9.17) is 10.9 Å². The van der Waals surface area contributed by atoms with Gasteiger partial charge in [0.1, 0.15) is 5.82 Å². The molecule has 0 fully saturated rings. The highest BCUT2D eigenvalue weighted by Crippen LogP contribution is 2.06. The van der Waals surface area contributed by atoms with Crippen LogP contribution < -0.4 is 11.1 Å². The van der Waals surface area contributed by atoms with Gasteiger partial charge in [0.2, 0.25) is 5.91 Å². The summed E-state index contributed by atoms with van der Waals surface area (Å²) in [6.07, 6.45) is -0.0780. The van der Waals surface area contributed by atoms with Crippen LogP contribution in [0.5, 0.6) is 0 Å². The van der Waals surface area contributed by atoms with Gasteiger partial charge in [-0.1, -0.05) is 23.4 Å². The number of carbonyl (C=O) groups excluding carboxylic acids is 1. The number of rotatable bonds is 4. The third-order valence-electron chi connectivity index (χ3n) is 1.90. The van der Waals surface area contributed by atoms with Crippen LogP contribution >= 0.6 is 0 Å². The topological polar surface area (TPSA) is 87.7 Å². The summed E-state index contributed by atoms with van der Waals surface area (Å²) in [5.74, 6) is -0.931. The summed E-state index contributed by atoms with van der Waals surface area (Å²) in [4.78, 5) is 11.3. The SMILES string of the molecule is N/C(CNC(=O)Cc1ccccc1F)=N/O. The summed E-state index contributed by atoms with van der Waals surface area (Å²) < 4.78 is 13.1. The van der Waals surface area contributed by atoms with Crippen LogP contribution in [0.15, 0.2) is 29.4 Å². The van der Waals surface area contributed by atoms with Crippen LogP contribution in [0.3, 0.4) is 0 Å². The third-order valence-corrected chi connectivity index (χ3v) is 1.90. The van der Waals surface area contributed by atoms with E-state index in [0.717, 1.165) is 0 Å². The van der Waals surface area contributed by atoms with Gasteiger partial charge >= 0.3 is 0 Å². The average molecular weight is 225 g/mol. The number of oxime groups is 1. The second-order valence-corrected chi connectivity index (χ2v) is 3.14. The van der Waals surface area contributed by atoms with Crippen molar-refractivity contribution in [1.82, 2.24) is 5.32 Å². The predicted molar refractivity (Wildman–Crippen MR) is 56.5 cm³/mol. The average Bonchev–Trinajstić information content (AvgIpc) is 2.29. The molecule has 4 N–H and O–H groups in total. The van der Waals surface area contributed by atoms with E-state index in [-0.39, 0.29) is 18.8 Å². The Balaban J connectivity index is 2.49. The molecule has 16 heavy (non-hydrogen) atoms. The lowest BCUT2D eigenvalue weighted by molar-refractivity contribution is -0.120. The summed E-state index contributed by atoms with van der Waals surface area (Å²) in [6.45, 7) is -0.0657. The Morgan fingerprint density at radius 2 is 2.19 bits per heavy atom. The Morgan fingerprint density at radius 3 is 2.81 bits per heavy atom. The van der Waals surface area contributed by atoms with Crippen molar-refractivity contribution in [3.05, 3.63) is 35.6 Å². The standard InChI is InChI=1S/C10H12FN3O2/c11-8-4-2-1-3-7(8)5-10(15)13-6-9(12)14-16/h1-4,16H,5-6H2,(H2,12,14)(H,13,15). The van der Waals surface area contributed by atoms with Crippen molar-refractivity contribution in [2.75, 3.05) is 6.54 Å². The number of hydrogen-bond donors (Lipinski definition) is 3. The van der Waals surface area contributed by atoms with Crippen LogP contribution in [0.25, 0.3) is 0 Å². The van der Waals surface area contributed by atoms with Gasteiger partial charge in [-0.2, -0.15) is 0 Å². The van der Waals surface area contributed by atoms with Gasteiger partial charge < -0.3 is 16.3 Å². The van der Waals surface area contributed by atoms with Crippen LogP contribution in [-0.2, 0) is 11.2 Å². The van der Waals surface area contributed by atoms with E-state index in [9.17, 15) is 9.18 Å². The number of nitrogens with two attached hydrogens (primary N) is 1. The predicted octanol–water partition coefficient (Wildman–Crippen LogP) is 0.231. The maximum absolute atomic E-state index is 13.1. The highest BCUT2D eigenvalue weighted by atomic mass is 19.1. The molecule has 0 saturated heterocycles. The molecule has 6 heteroatoms. The molecule has 0 saturated carbocycles. The number of nitrogens with one attached hydrogen (secondary N) is 1. The molecule has 0 aliphatic carbocycles. The highest BCUT2D eigenvalue weighted by Gasteiger charge is 2.07. The fourth-order valence-electron chi connectivity index (χ4n) is 1.10. The Morgan fingerprint density at radius 1 is 1.50 bits per heavy atom. The van der Waals surface area contributed by atoms with Crippen LogP contribution in [0.2, 0.25) is 0 Å². The van der Waals surface area contributed by atoms with E-state index in [1.54, 1.807) is 12.1 Å². The lowest BCUT2D eigenvalue weighted by Crippen LogP contribution is -2.34. The van der Waals surface area contributed by atoms with E-state index in [0.29, 0.717) is 5.56 Å². The zero-order valence-electron chi connectivity index (χ0n) is 8.48. The first-order chi connectivity index (χ1) is 7.63. The van der Waals surface area contributed by atoms with Gasteiger partial charge in [-0.25, -0.2) is 4.39 Å². The highest BCUT2D eigenvalue weighted by molar-refractivity contribution is 5.87. The molecule has 1 aromatic carbocycles. The number of halogens is 1. The van der Waals surface area contributed by atoms with E-state index >= 15 is 0 Å². The Bertz CT molecular complexity index is 407. The number of nitrogens with zero attached hydrogens (tertiary/aromatic N) is 1. The molecule has 0 atom stereocenters. The summed E-state index contributed by atoms with van der Waals surface area (Å²) in [7, 11) is 0. The number of carbonyl (C=O) groups is 1. The van der Waals surface area contributed by atoms with Crippen LogP contribution in [0, 0.1) is 5.82 Å². The quantitative estimate of drug-likeness (QED) is 0.296. The molecule has 0 aliphatic rings. The van der Waals surface area contributed by atoms with E-state index in [1.807, 2.05) is 0 Å². The summed E-state index contributed by atoms with van der Waals surface area (Å²) in [6, 6.07) is 6.01. The number of benzene rings is 1. The first-order valence-corrected chi connectivity index (χ1v) is 4.60. The molecule has 0 aromatic heterocycles. The minimum Gasteiger partial charge on any atom is -0.409 e. The first kappa shape index (κ1) is 12.0. The van der Waals surface area contributed by atoms with E-state index in [2.05, 4.69) is 10.5 Å². The van der Waals surface area contributed by atoms with Crippen LogP contribution in [-0.4, -0.2) is 23.5 Å². The van der Waals surface area contributed by atoms with Gasteiger partial charge in [0.25, 0.3) is 0 Å². The zero-order valence-corrected chi connectivity index (χ0v) is 8.48. The molecule has 0 unspecified atom stereocenters. The summed E-state index contributed by atoms with van der Waals surface area (Å²) in [5.41, 5.74) is 5.46. The van der Waals surface area contributed by atoms with E-state index in [1.165, 1.54) is 12.1 Å². The monoisotopic (exact) mass is 225 g/mol. The smallest absolute Gasteiger partial charge is 0.224 e. The van der Waals surface area contributed by atoms with Crippen molar-refractivity contribution < 1.29 is 14.4 Å². The van der Waals surface area contributed by atoms with Crippen molar-refractivity contribution in [2.45, 2.75) is 6.42 Å². The summed E-state index contributed by atoms with van der Waals surface area (Å²) in [5, 5.41) is 13.3.